The highest BCUT2D eigenvalue weighted by Crippen LogP contribution is 2.32. The SMILES string of the molecule is O=C(CN1CCC(F)(F)C1)N1CCCc2cc(S(=O)(=O)Nc3nccs3)ccc21.O=S(=O)(Nc1nccs1)c1ccc2c(c1)CCCN2. The van der Waals surface area contributed by atoms with Gasteiger partial charge in [-0.1, -0.05) is 0 Å². The van der Waals surface area contributed by atoms with E-state index in [0.29, 0.717) is 30.2 Å². The summed E-state index contributed by atoms with van der Waals surface area (Å²) in [6.07, 6.45) is 6.10. The number of halogens is 2. The second-order valence-electron chi connectivity index (χ2n) is 11.5. The summed E-state index contributed by atoms with van der Waals surface area (Å²) in [5.41, 5.74) is 3.46. The van der Waals surface area contributed by atoms with E-state index in [0.717, 1.165) is 36.2 Å². The number of carbonyl (C=O) groups excluding carboxylic acids is 1. The number of aryl methyl sites for hydroxylation is 2. The van der Waals surface area contributed by atoms with Crippen molar-refractivity contribution in [1.82, 2.24) is 14.9 Å². The largest absolute Gasteiger partial charge is 0.385 e. The predicted molar refractivity (Wildman–Crippen MR) is 182 cm³/mol. The maximum atomic E-state index is 13.4. The number of benzene rings is 2. The lowest BCUT2D eigenvalue weighted by Crippen LogP contribution is -2.42. The van der Waals surface area contributed by atoms with E-state index in [1.165, 1.54) is 39.8 Å². The normalized spacial score (nSPS) is 17.3. The first-order valence-corrected chi connectivity index (χ1v) is 19.9. The Morgan fingerprint density at radius 2 is 1.50 bits per heavy atom. The average molecular weight is 738 g/mol. The van der Waals surface area contributed by atoms with Crippen molar-refractivity contribution in [1.29, 1.82) is 0 Å². The molecule has 3 aliphatic rings. The summed E-state index contributed by atoms with van der Waals surface area (Å²) < 4.78 is 81.3. The van der Waals surface area contributed by atoms with Gasteiger partial charge in [-0.05, 0) is 73.2 Å². The summed E-state index contributed by atoms with van der Waals surface area (Å²) >= 11 is 2.44. The molecule has 12 nitrogen and oxygen atoms in total. The zero-order valence-electron chi connectivity index (χ0n) is 25.6. The first-order chi connectivity index (χ1) is 22.9. The zero-order chi connectivity index (χ0) is 33.9. The topological polar surface area (TPSA) is 154 Å². The lowest BCUT2D eigenvalue weighted by Gasteiger charge is -2.31. The molecule has 256 valence electrons. The molecule has 5 heterocycles. The molecule has 1 amide bonds. The molecule has 4 aromatic rings. The lowest BCUT2D eigenvalue weighted by atomic mass is 10.0. The van der Waals surface area contributed by atoms with E-state index < -0.39 is 32.5 Å². The molecule has 0 saturated carbocycles. The number of sulfonamides is 2. The summed E-state index contributed by atoms with van der Waals surface area (Å²) in [6, 6.07) is 9.80. The van der Waals surface area contributed by atoms with E-state index in [4.69, 9.17) is 0 Å². The number of alkyl halides is 2. The van der Waals surface area contributed by atoms with Crippen LogP contribution in [0.1, 0.15) is 30.4 Å². The number of hydrogen-bond acceptors (Lipinski definition) is 11. The maximum Gasteiger partial charge on any atom is 0.263 e. The van der Waals surface area contributed by atoms with E-state index in [1.54, 1.807) is 46.1 Å². The standard InChI is InChI=1S/C18H20F2N4O3S2.C12H13N3O2S2/c19-18(20)5-8-23(12-18)11-16(25)24-7-1-2-13-10-14(3-4-15(13)24)29(26,27)22-17-21-6-9-28-17;16-19(17,15-12-14-6-7-18-12)10-3-4-11-9(8-10)2-1-5-13-11/h3-4,6,9-10H,1-2,5,7-8,11-12H2,(H,21,22);3-4,6-8,13H,1-2,5H2,(H,14,15). The van der Waals surface area contributed by atoms with Crippen molar-refractivity contribution in [3.8, 4) is 0 Å². The molecular weight excluding hydrogens is 705 g/mol. The highest BCUT2D eigenvalue weighted by molar-refractivity contribution is 7.93. The van der Waals surface area contributed by atoms with Gasteiger partial charge in [0, 0.05) is 60.6 Å². The number of hydrogen-bond donors (Lipinski definition) is 3. The minimum Gasteiger partial charge on any atom is -0.385 e. The van der Waals surface area contributed by atoms with Gasteiger partial charge in [0.2, 0.25) is 5.91 Å². The molecule has 48 heavy (non-hydrogen) atoms. The van der Waals surface area contributed by atoms with E-state index in [9.17, 15) is 30.4 Å². The Bertz CT molecular complexity index is 1980. The lowest BCUT2D eigenvalue weighted by molar-refractivity contribution is -0.119. The number of amides is 1. The monoisotopic (exact) mass is 737 g/mol. The van der Waals surface area contributed by atoms with Crippen LogP contribution in [-0.4, -0.2) is 76.3 Å². The van der Waals surface area contributed by atoms with Crippen LogP contribution in [0.3, 0.4) is 0 Å². The molecule has 0 spiro atoms. The molecule has 3 aliphatic heterocycles. The van der Waals surface area contributed by atoms with Gasteiger partial charge in [0.15, 0.2) is 10.3 Å². The first-order valence-electron chi connectivity index (χ1n) is 15.1. The molecule has 0 atom stereocenters. The van der Waals surface area contributed by atoms with E-state index >= 15 is 0 Å². The second-order valence-corrected chi connectivity index (χ2v) is 16.6. The average Bonchev–Trinajstić information content (AvgIpc) is 3.83. The number of nitrogens with zero attached hydrogens (tertiary/aromatic N) is 4. The van der Waals surface area contributed by atoms with E-state index in [1.807, 2.05) is 6.07 Å². The van der Waals surface area contributed by atoms with Gasteiger partial charge in [0.25, 0.3) is 26.0 Å². The molecule has 18 heteroatoms. The summed E-state index contributed by atoms with van der Waals surface area (Å²) in [6.45, 7) is 1.15. The molecule has 7 rings (SSSR count). The van der Waals surface area contributed by atoms with Crippen molar-refractivity contribution in [3.05, 3.63) is 70.7 Å². The fourth-order valence-electron chi connectivity index (χ4n) is 5.73. The first kappa shape index (κ1) is 34.2. The second kappa shape index (κ2) is 14.0. The van der Waals surface area contributed by atoms with Crippen molar-refractivity contribution in [3.63, 3.8) is 0 Å². The van der Waals surface area contributed by atoms with Crippen LogP contribution in [0.4, 0.5) is 30.4 Å². The number of likely N-dealkylation sites (tertiary alicyclic amines) is 1. The minimum absolute atomic E-state index is 0.0688. The van der Waals surface area contributed by atoms with Crippen LogP contribution < -0.4 is 19.7 Å². The van der Waals surface area contributed by atoms with Crippen molar-refractivity contribution in [2.45, 2.75) is 47.8 Å². The maximum absolute atomic E-state index is 13.4. The summed E-state index contributed by atoms with van der Waals surface area (Å²) in [4.78, 5) is 24.0. The number of carbonyl (C=O) groups is 1. The van der Waals surface area contributed by atoms with Crippen LogP contribution in [0.2, 0.25) is 0 Å². The molecule has 1 fully saturated rings. The quantitative estimate of drug-likeness (QED) is 0.230. The third-order valence-electron chi connectivity index (χ3n) is 8.02. The Labute approximate surface area is 285 Å². The number of fused-ring (bicyclic) bond motifs is 2. The van der Waals surface area contributed by atoms with Crippen LogP contribution in [0.15, 0.2) is 69.3 Å². The zero-order valence-corrected chi connectivity index (χ0v) is 28.8. The number of aromatic nitrogens is 2. The number of nitrogens with one attached hydrogen (secondary N) is 3. The van der Waals surface area contributed by atoms with Crippen LogP contribution in [0, 0.1) is 0 Å². The molecule has 0 unspecified atom stereocenters. The molecule has 0 bridgehead atoms. The molecule has 0 aliphatic carbocycles. The van der Waals surface area contributed by atoms with Gasteiger partial charge in [-0.25, -0.2) is 35.6 Å². The minimum atomic E-state index is -3.78. The van der Waals surface area contributed by atoms with E-state index in [-0.39, 0.29) is 40.3 Å². The number of rotatable bonds is 8. The summed E-state index contributed by atoms with van der Waals surface area (Å²) in [5.74, 6) is -2.99. The fraction of sp³-hybridized carbons (Fsp3) is 0.367. The Kier molecular flexibility index (Phi) is 9.98. The summed E-state index contributed by atoms with van der Waals surface area (Å²) in [5, 5.41) is 7.33. The van der Waals surface area contributed by atoms with Crippen molar-refractivity contribution in [2.75, 3.05) is 52.4 Å². The van der Waals surface area contributed by atoms with Gasteiger partial charge in [-0.15, -0.1) is 22.7 Å². The Hall–Kier alpha value is -3.71. The van der Waals surface area contributed by atoms with Gasteiger partial charge in [-0.3, -0.25) is 19.1 Å². The van der Waals surface area contributed by atoms with Crippen LogP contribution in [0.25, 0.3) is 0 Å². The fourth-order valence-corrected chi connectivity index (χ4v) is 9.41. The van der Waals surface area contributed by atoms with E-state index in [2.05, 4.69) is 24.7 Å². The van der Waals surface area contributed by atoms with Crippen LogP contribution in [-0.2, 0) is 37.7 Å². The molecule has 1 saturated heterocycles. The van der Waals surface area contributed by atoms with Crippen molar-refractivity contribution >= 4 is 70.3 Å². The molecule has 2 aromatic carbocycles. The predicted octanol–water partition coefficient (Wildman–Crippen LogP) is 4.87. The van der Waals surface area contributed by atoms with Gasteiger partial charge < -0.3 is 10.2 Å². The third-order valence-corrected chi connectivity index (χ3v) is 12.3. The van der Waals surface area contributed by atoms with Crippen LogP contribution in [0.5, 0.6) is 0 Å². The third kappa shape index (κ3) is 8.11. The Balaban J connectivity index is 0.000000182. The highest BCUT2D eigenvalue weighted by atomic mass is 32.2. The van der Waals surface area contributed by atoms with Gasteiger partial charge in [0.1, 0.15) is 0 Å². The number of anilines is 4. The highest BCUT2D eigenvalue weighted by Gasteiger charge is 2.39. The van der Waals surface area contributed by atoms with Crippen molar-refractivity contribution in [2.24, 2.45) is 0 Å². The van der Waals surface area contributed by atoms with Crippen LogP contribution >= 0.6 is 22.7 Å². The molecule has 2 aromatic heterocycles. The Morgan fingerprint density at radius 1 is 0.875 bits per heavy atom. The molecular formula is C30H33F2N7O5S4. The van der Waals surface area contributed by atoms with Crippen molar-refractivity contribution < 1.29 is 30.4 Å². The molecule has 0 radical (unpaired) electrons. The van der Waals surface area contributed by atoms with Gasteiger partial charge in [-0.2, -0.15) is 0 Å². The smallest absolute Gasteiger partial charge is 0.263 e. The summed E-state index contributed by atoms with van der Waals surface area (Å²) in [7, 11) is -7.33. The number of thiazole rings is 2. The Morgan fingerprint density at radius 3 is 2.10 bits per heavy atom. The molecule has 3 N–H and O–H groups in total. The van der Waals surface area contributed by atoms with Gasteiger partial charge in [0.05, 0.1) is 22.9 Å². The van der Waals surface area contributed by atoms with Gasteiger partial charge >= 0.3 is 0 Å².